The lowest BCUT2D eigenvalue weighted by Crippen LogP contribution is -2.64. The van der Waals surface area contributed by atoms with Crippen LogP contribution in [-0.2, 0) is 89.6 Å². The number of nitrogens with one attached hydrogen (secondary N) is 6. The van der Waals surface area contributed by atoms with Gasteiger partial charge in [0.25, 0.3) is 0 Å². The number of hydrogen-bond donors (Lipinski definition) is 16. The van der Waals surface area contributed by atoms with Crippen molar-refractivity contribution in [3.8, 4) is 5.75 Å². The van der Waals surface area contributed by atoms with Crippen molar-refractivity contribution in [2.24, 2.45) is 0 Å². The average Bonchev–Trinajstić information content (AvgIpc) is 1.27. The summed E-state index contributed by atoms with van der Waals surface area (Å²) < 4.78 is 56.3. The first-order valence-electron chi connectivity index (χ1n) is 28.2. The van der Waals surface area contributed by atoms with Gasteiger partial charge < -0.3 is 130 Å². The number of carbonyl (C=O) groups is 6. The van der Waals surface area contributed by atoms with E-state index in [4.69, 9.17) is 59.0 Å². The van der Waals surface area contributed by atoms with E-state index in [1.807, 2.05) is 0 Å². The van der Waals surface area contributed by atoms with Crippen molar-refractivity contribution in [2.45, 2.75) is 145 Å². The third-order valence-electron chi connectivity index (χ3n) is 13.6. The summed E-state index contributed by atoms with van der Waals surface area (Å²) in [6.45, 7) is -0.390. The Labute approximate surface area is 508 Å². The molecule has 0 aliphatic carbocycles. The zero-order chi connectivity index (χ0) is 64.4. The molecule has 3 fully saturated rings. The summed E-state index contributed by atoms with van der Waals surface area (Å²) in [7, 11) is 0. The minimum atomic E-state index is -3.22. The van der Waals surface area contributed by atoms with Crippen LogP contribution in [-0.4, -0.2) is 307 Å². The Morgan fingerprint density at radius 2 is 0.885 bits per heavy atom. The highest BCUT2D eigenvalue weighted by Gasteiger charge is 2.48. The van der Waals surface area contributed by atoms with Gasteiger partial charge in [0.05, 0.1) is 98.4 Å². The molecule has 17 unspecified atom stereocenters. The summed E-state index contributed by atoms with van der Waals surface area (Å²) in [6, 6.07) is 1.57. The molecule has 3 saturated heterocycles. The largest absolute Gasteiger partial charge is 0.443 e. The molecule has 498 valence electrons. The number of rotatable bonds is 38. The molecule has 1 aromatic carbocycles. The first kappa shape index (κ1) is 75.2. The van der Waals surface area contributed by atoms with Crippen molar-refractivity contribution >= 4 is 53.7 Å². The first-order chi connectivity index (χ1) is 41.3. The van der Waals surface area contributed by atoms with E-state index < -0.39 is 173 Å². The van der Waals surface area contributed by atoms with Gasteiger partial charge in [0.2, 0.25) is 41.9 Å². The van der Waals surface area contributed by atoms with Gasteiger partial charge in [-0.15, -0.1) is 0 Å². The minimum absolute atomic E-state index is 0.0700. The van der Waals surface area contributed by atoms with Crippen molar-refractivity contribution < 1.29 is 127 Å². The van der Waals surface area contributed by atoms with Crippen LogP contribution in [0.2, 0.25) is 0 Å². The van der Waals surface area contributed by atoms with E-state index in [0.717, 1.165) is 0 Å². The van der Waals surface area contributed by atoms with Crippen molar-refractivity contribution in [3.63, 3.8) is 0 Å². The van der Waals surface area contributed by atoms with Gasteiger partial charge >= 0.3 is 0 Å². The second-order valence-electron chi connectivity index (χ2n) is 20.8. The Morgan fingerprint density at radius 1 is 0.540 bits per heavy atom. The molecule has 6 amide bonds. The summed E-state index contributed by atoms with van der Waals surface area (Å²) in [5, 5.41) is 107. The quantitative estimate of drug-likeness (QED) is 0.0216. The maximum absolute atomic E-state index is 14.4. The van der Waals surface area contributed by atoms with Gasteiger partial charge in [-0.25, -0.2) is 0 Å². The molecule has 0 radical (unpaired) electrons. The zero-order valence-corrected chi connectivity index (χ0v) is 50.9. The summed E-state index contributed by atoms with van der Waals surface area (Å²) in [5.74, 6) is -3.29. The van der Waals surface area contributed by atoms with Crippen LogP contribution in [0.4, 0.5) is 0 Å². The van der Waals surface area contributed by atoms with E-state index in [0.29, 0.717) is 5.56 Å². The molecule has 33 nitrogen and oxygen atoms in total. The van der Waals surface area contributed by atoms with Crippen LogP contribution >= 0.6 is 6.49 Å². The monoisotopic (exact) mass is 1290 g/mol. The standard InChI is InChI=1S/C52H88N7O26PS/c1-28(2)86(75,87)85-33-8-6-32(7-9-33)22-34(49(74)55-12-15-78-18-21-81-52-42(58-31(5)65)48(73)45(70)37(27-62)84-52)59(23-38(66)53-10-13-76-16-19-79-50-40(56-29(3)63)46(71)43(68)35(25-60)82-50)24-39(67)54-11-14-77-17-20-80-51-41(57-30(4)64)47(72)44(69)36(26-61)83-51/h6-9,28,34-37,40-48,50-52,60-62,68-73H,10-27H2,1-5H3,(H,53,66)(H,54,67)(H,55,74)(H,56,63)(H,57,64)(H,58,65)(H,75,87). The van der Waals surface area contributed by atoms with E-state index >= 15 is 0 Å². The lowest BCUT2D eigenvalue weighted by Gasteiger charge is -2.42. The predicted octanol–water partition coefficient (Wildman–Crippen LogP) is -7.73. The Bertz CT molecular complexity index is 2250. The fourth-order valence-electron chi connectivity index (χ4n) is 9.01. The highest BCUT2D eigenvalue weighted by Crippen LogP contribution is 2.47. The van der Waals surface area contributed by atoms with Gasteiger partial charge in [0.1, 0.15) is 78.8 Å². The van der Waals surface area contributed by atoms with Crippen LogP contribution in [0.25, 0.3) is 0 Å². The predicted molar refractivity (Wildman–Crippen MR) is 303 cm³/mol. The van der Waals surface area contributed by atoms with Crippen molar-refractivity contribution in [1.29, 1.82) is 0 Å². The molecule has 87 heavy (non-hydrogen) atoms. The second kappa shape index (κ2) is 38.4. The van der Waals surface area contributed by atoms with Gasteiger partial charge in [-0.05, 0) is 35.9 Å². The van der Waals surface area contributed by atoms with Crippen LogP contribution in [0, 0.1) is 0 Å². The van der Waals surface area contributed by atoms with Crippen molar-refractivity contribution in [3.05, 3.63) is 29.8 Å². The molecule has 3 aliphatic rings. The van der Waals surface area contributed by atoms with Crippen molar-refractivity contribution in [1.82, 2.24) is 36.8 Å². The molecule has 0 spiro atoms. The molecule has 0 bridgehead atoms. The molecule has 0 aromatic heterocycles. The fraction of sp³-hybridized carbons (Fsp3) is 0.769. The van der Waals surface area contributed by atoms with Crippen LogP contribution in [0.1, 0.15) is 40.2 Å². The maximum atomic E-state index is 14.4. The van der Waals surface area contributed by atoms with Gasteiger partial charge in [-0.2, -0.15) is 0 Å². The Hall–Kier alpha value is -4.31. The third-order valence-corrected chi connectivity index (χ3v) is 16.9. The van der Waals surface area contributed by atoms with Gasteiger partial charge in [0.15, 0.2) is 18.9 Å². The highest BCUT2D eigenvalue weighted by molar-refractivity contribution is 8.09. The Morgan fingerprint density at radius 3 is 1.21 bits per heavy atom. The Balaban J connectivity index is 1.44. The average molecular weight is 1290 g/mol. The molecular formula is C52H88N7O26PS. The van der Waals surface area contributed by atoms with Gasteiger partial charge in [-0.1, -0.05) is 26.0 Å². The molecular weight excluding hydrogens is 1200 g/mol. The molecule has 3 aliphatic heterocycles. The number of amides is 6. The number of aliphatic hydroxyl groups is 9. The molecule has 0 saturated carbocycles. The van der Waals surface area contributed by atoms with Crippen LogP contribution in [0.3, 0.4) is 0 Å². The third kappa shape index (κ3) is 24.8. The zero-order valence-electron chi connectivity index (χ0n) is 49.2. The second-order valence-corrected chi connectivity index (χ2v) is 24.7. The van der Waals surface area contributed by atoms with Crippen LogP contribution < -0.4 is 36.4 Å². The summed E-state index contributed by atoms with van der Waals surface area (Å²) in [5.41, 5.74) is 0.174. The van der Waals surface area contributed by atoms with Gasteiger partial charge in [-0.3, -0.25) is 33.7 Å². The number of aliphatic hydroxyl groups excluding tert-OH is 9. The minimum Gasteiger partial charge on any atom is -0.443 e. The molecule has 16 N–H and O–H groups in total. The normalized spacial score (nSPS) is 28.4. The van der Waals surface area contributed by atoms with Crippen LogP contribution in [0.15, 0.2) is 24.3 Å². The molecule has 35 heteroatoms. The lowest BCUT2D eigenvalue weighted by molar-refractivity contribution is -0.272. The molecule has 1 aromatic rings. The molecule has 17 atom stereocenters. The van der Waals surface area contributed by atoms with Crippen LogP contribution in [0.5, 0.6) is 5.75 Å². The number of carbonyl (C=O) groups excluding carboxylic acids is 6. The topological polar surface area (TPSA) is 472 Å². The number of ether oxygens (including phenoxy) is 9. The number of hydrogen-bond acceptors (Lipinski definition) is 27. The summed E-state index contributed by atoms with van der Waals surface area (Å²) >= 11 is 5.31. The van der Waals surface area contributed by atoms with Gasteiger partial charge in [0, 0.05) is 46.1 Å². The summed E-state index contributed by atoms with van der Waals surface area (Å²) in [6.07, 6.45) is -16.7. The van der Waals surface area contributed by atoms with Crippen molar-refractivity contribution in [2.75, 3.05) is 112 Å². The first-order valence-corrected chi connectivity index (χ1v) is 31.0. The lowest BCUT2D eigenvalue weighted by atomic mass is 9.97. The van der Waals surface area contributed by atoms with E-state index in [1.54, 1.807) is 38.1 Å². The van der Waals surface area contributed by atoms with E-state index in [1.165, 1.54) is 25.7 Å². The Kier molecular flexibility index (Phi) is 33.2. The number of benzene rings is 1. The number of nitrogens with zero attached hydrogens (tertiary/aromatic N) is 1. The molecule has 4 rings (SSSR count). The summed E-state index contributed by atoms with van der Waals surface area (Å²) in [4.78, 5) is 89.4. The fourth-order valence-corrected chi connectivity index (χ4v) is 9.91. The SMILES string of the molecule is CC(=O)NC1C(OCCOCCNC(=O)CN(CC(=O)NCCOCCOC2OC(CO)C(O)C(O)C2NC(C)=O)C(Cc2ccc(OP(O)(=S)C(C)C)cc2)C(=O)NCCOCCOC2OC(CO)C(O)C(O)C2NC(C)=O)OC(CO)C(O)C1O. The highest BCUT2D eigenvalue weighted by atomic mass is 32.5. The van der Waals surface area contributed by atoms with E-state index in [9.17, 15) is 79.6 Å². The van der Waals surface area contributed by atoms with E-state index in [-0.39, 0.29) is 96.9 Å². The smallest absolute Gasteiger partial charge is 0.238 e. The van der Waals surface area contributed by atoms with E-state index in [2.05, 4.69) is 31.9 Å². The molecule has 3 heterocycles. The maximum Gasteiger partial charge on any atom is 0.238 e.